The van der Waals surface area contributed by atoms with Gasteiger partial charge in [0.25, 0.3) is 5.91 Å². The first-order chi connectivity index (χ1) is 14.9. The van der Waals surface area contributed by atoms with Crippen LogP contribution in [0.25, 0.3) is 0 Å². The number of hydrogen-bond acceptors (Lipinski definition) is 6. The van der Waals surface area contributed by atoms with E-state index >= 15 is 0 Å². The summed E-state index contributed by atoms with van der Waals surface area (Å²) in [6, 6.07) is 11.4. The number of nitrogens with one attached hydrogen (secondary N) is 1. The van der Waals surface area contributed by atoms with E-state index < -0.39 is 5.97 Å². The van der Waals surface area contributed by atoms with E-state index in [4.69, 9.17) is 0 Å². The summed E-state index contributed by atoms with van der Waals surface area (Å²) in [7, 11) is 0. The minimum Gasteiger partial charge on any atom is -0.478 e. The largest absolute Gasteiger partial charge is 0.478 e. The molecule has 3 aromatic rings. The zero-order valence-corrected chi connectivity index (χ0v) is 18.3. The number of benzene rings is 1. The van der Waals surface area contributed by atoms with Crippen molar-refractivity contribution in [2.45, 2.75) is 13.8 Å². The van der Waals surface area contributed by atoms with Gasteiger partial charge in [0.1, 0.15) is 11.4 Å². The molecule has 160 valence electrons. The summed E-state index contributed by atoms with van der Waals surface area (Å²) < 4.78 is 0. The van der Waals surface area contributed by atoms with Crippen LogP contribution in [-0.2, 0) is 0 Å². The number of anilines is 3. The van der Waals surface area contributed by atoms with Gasteiger partial charge < -0.3 is 20.2 Å². The topological polar surface area (TPSA) is 85.8 Å². The summed E-state index contributed by atoms with van der Waals surface area (Å²) in [6.45, 7) is 7.09. The summed E-state index contributed by atoms with van der Waals surface area (Å²) in [5, 5.41) is 14.3. The average molecular weight is 437 g/mol. The molecule has 7 nitrogen and oxygen atoms in total. The van der Waals surface area contributed by atoms with Crippen molar-refractivity contribution in [3.05, 3.63) is 69.5 Å². The maximum Gasteiger partial charge on any atom is 0.339 e. The highest BCUT2D eigenvalue weighted by molar-refractivity contribution is 7.12. The molecule has 0 aliphatic carbocycles. The van der Waals surface area contributed by atoms with Gasteiger partial charge in [-0.1, -0.05) is 18.2 Å². The van der Waals surface area contributed by atoms with Gasteiger partial charge in [0.15, 0.2) is 0 Å². The maximum atomic E-state index is 12.3. The summed E-state index contributed by atoms with van der Waals surface area (Å²) >= 11 is 1.33. The molecule has 1 amide bonds. The van der Waals surface area contributed by atoms with Crippen LogP contribution >= 0.6 is 11.3 Å². The SMILES string of the molecule is Cc1ccc(C)c(N2CCN(c3ncc(NC(=O)c4cccs4)cc3C(=O)O)CC2)c1. The lowest BCUT2D eigenvalue weighted by atomic mass is 10.1. The minimum absolute atomic E-state index is 0.0872. The maximum absolute atomic E-state index is 12.3. The van der Waals surface area contributed by atoms with Crippen molar-refractivity contribution in [1.29, 1.82) is 0 Å². The number of amides is 1. The number of nitrogens with zero attached hydrogens (tertiary/aromatic N) is 3. The minimum atomic E-state index is -1.06. The first-order valence-electron chi connectivity index (χ1n) is 10.1. The molecular weight excluding hydrogens is 412 g/mol. The molecule has 1 aliphatic heterocycles. The molecule has 0 spiro atoms. The Morgan fingerprint density at radius 1 is 1.06 bits per heavy atom. The normalized spacial score (nSPS) is 13.9. The van der Waals surface area contributed by atoms with E-state index in [0.29, 0.717) is 29.5 Å². The van der Waals surface area contributed by atoms with Gasteiger partial charge in [-0.05, 0) is 48.6 Å². The van der Waals surface area contributed by atoms with Crippen molar-refractivity contribution in [1.82, 2.24) is 4.98 Å². The quantitative estimate of drug-likeness (QED) is 0.628. The predicted octanol–water partition coefficient (Wildman–Crippen LogP) is 4.04. The number of pyridine rings is 1. The monoisotopic (exact) mass is 436 g/mol. The van der Waals surface area contributed by atoms with Crippen molar-refractivity contribution >= 4 is 40.4 Å². The molecule has 3 heterocycles. The molecule has 2 aromatic heterocycles. The molecule has 31 heavy (non-hydrogen) atoms. The highest BCUT2D eigenvalue weighted by Gasteiger charge is 2.24. The lowest BCUT2D eigenvalue weighted by molar-refractivity contribution is 0.0696. The molecule has 0 unspecified atom stereocenters. The number of carbonyl (C=O) groups excluding carboxylic acids is 1. The van der Waals surface area contributed by atoms with Crippen LogP contribution in [0.1, 0.15) is 31.2 Å². The molecule has 8 heteroatoms. The number of carbonyl (C=O) groups is 2. The Labute approximate surface area is 185 Å². The molecule has 0 radical (unpaired) electrons. The second-order valence-corrected chi connectivity index (χ2v) is 8.54. The third-order valence-electron chi connectivity index (χ3n) is 5.38. The fourth-order valence-electron chi connectivity index (χ4n) is 3.76. The Morgan fingerprint density at radius 3 is 2.48 bits per heavy atom. The highest BCUT2D eigenvalue weighted by Crippen LogP contribution is 2.27. The van der Waals surface area contributed by atoms with Crippen LogP contribution in [0.5, 0.6) is 0 Å². The van der Waals surface area contributed by atoms with Gasteiger partial charge in [-0.3, -0.25) is 4.79 Å². The zero-order chi connectivity index (χ0) is 22.0. The molecule has 2 N–H and O–H groups in total. The average Bonchev–Trinajstić information content (AvgIpc) is 3.31. The Bertz CT molecular complexity index is 1110. The van der Waals surface area contributed by atoms with Crippen LogP contribution in [0.2, 0.25) is 0 Å². The van der Waals surface area contributed by atoms with E-state index in [1.54, 1.807) is 12.1 Å². The van der Waals surface area contributed by atoms with Crippen LogP contribution in [0.3, 0.4) is 0 Å². The van der Waals surface area contributed by atoms with Crippen LogP contribution < -0.4 is 15.1 Å². The molecule has 1 aromatic carbocycles. The third-order valence-corrected chi connectivity index (χ3v) is 6.25. The van der Waals surface area contributed by atoms with E-state index in [2.05, 4.69) is 47.2 Å². The van der Waals surface area contributed by atoms with Gasteiger partial charge in [-0.15, -0.1) is 11.3 Å². The number of aromatic carboxylic acids is 1. The van der Waals surface area contributed by atoms with Gasteiger partial charge in [0.05, 0.1) is 16.8 Å². The predicted molar refractivity (Wildman–Crippen MR) is 124 cm³/mol. The molecule has 0 saturated carbocycles. The second-order valence-electron chi connectivity index (χ2n) is 7.60. The fraction of sp³-hybridized carbons (Fsp3) is 0.261. The molecule has 1 fully saturated rings. The fourth-order valence-corrected chi connectivity index (χ4v) is 4.37. The van der Waals surface area contributed by atoms with Crippen LogP contribution in [0.15, 0.2) is 48.0 Å². The summed E-state index contributed by atoms with van der Waals surface area (Å²) in [6.07, 6.45) is 1.52. The molecular formula is C23H24N4O3S. The number of thiophene rings is 1. The van der Waals surface area contributed by atoms with Crippen molar-refractivity contribution in [3.8, 4) is 0 Å². The molecule has 0 bridgehead atoms. The summed E-state index contributed by atoms with van der Waals surface area (Å²) in [5.41, 5.74) is 4.13. The Balaban J connectivity index is 1.50. The van der Waals surface area contributed by atoms with Gasteiger partial charge >= 0.3 is 5.97 Å². The Morgan fingerprint density at radius 2 is 1.81 bits per heavy atom. The lowest BCUT2D eigenvalue weighted by Crippen LogP contribution is -2.47. The first-order valence-corrected chi connectivity index (χ1v) is 11.0. The summed E-state index contributed by atoms with van der Waals surface area (Å²) in [4.78, 5) is 33.5. The van der Waals surface area contributed by atoms with Crippen molar-refractivity contribution < 1.29 is 14.7 Å². The second kappa shape index (κ2) is 8.77. The Hall–Kier alpha value is -3.39. The number of carboxylic acids is 1. The van der Waals surface area contributed by atoms with Crippen molar-refractivity contribution in [3.63, 3.8) is 0 Å². The zero-order valence-electron chi connectivity index (χ0n) is 17.5. The number of aromatic nitrogens is 1. The van der Waals surface area contributed by atoms with Crippen molar-refractivity contribution in [2.24, 2.45) is 0 Å². The highest BCUT2D eigenvalue weighted by atomic mass is 32.1. The van der Waals surface area contributed by atoms with Crippen molar-refractivity contribution in [2.75, 3.05) is 41.3 Å². The molecule has 1 saturated heterocycles. The van der Waals surface area contributed by atoms with Crippen LogP contribution in [0.4, 0.5) is 17.2 Å². The molecule has 4 rings (SSSR count). The number of rotatable bonds is 5. The van der Waals surface area contributed by atoms with Crippen LogP contribution in [-0.4, -0.2) is 48.1 Å². The molecule has 1 aliphatic rings. The number of carboxylic acid groups (broad SMARTS) is 1. The Kier molecular flexibility index (Phi) is 5.90. The van der Waals surface area contributed by atoms with E-state index in [1.807, 2.05) is 10.3 Å². The van der Waals surface area contributed by atoms with Crippen LogP contribution in [0, 0.1) is 13.8 Å². The molecule has 0 atom stereocenters. The smallest absolute Gasteiger partial charge is 0.339 e. The van der Waals surface area contributed by atoms with E-state index in [-0.39, 0.29) is 11.5 Å². The van der Waals surface area contributed by atoms with E-state index in [0.717, 1.165) is 13.1 Å². The van der Waals surface area contributed by atoms with Gasteiger partial charge in [0.2, 0.25) is 0 Å². The standard InChI is InChI=1S/C23H24N4O3S/c1-15-5-6-16(2)19(12-15)26-7-9-27(10-8-26)21-18(23(29)30)13-17(14-24-21)25-22(28)20-4-3-11-31-20/h3-6,11-14H,7-10H2,1-2H3,(H,25,28)(H,29,30). The number of hydrogen-bond donors (Lipinski definition) is 2. The van der Waals surface area contributed by atoms with E-state index in [9.17, 15) is 14.7 Å². The third kappa shape index (κ3) is 4.54. The number of aryl methyl sites for hydroxylation is 2. The number of piperazine rings is 1. The summed E-state index contributed by atoms with van der Waals surface area (Å²) in [5.74, 6) is -0.906. The van der Waals surface area contributed by atoms with E-state index in [1.165, 1.54) is 40.4 Å². The van der Waals surface area contributed by atoms with Gasteiger partial charge in [-0.25, -0.2) is 9.78 Å². The van der Waals surface area contributed by atoms with Gasteiger partial charge in [-0.2, -0.15) is 0 Å². The first kappa shape index (κ1) is 20.9. The van der Waals surface area contributed by atoms with Gasteiger partial charge in [0, 0.05) is 31.9 Å². The lowest BCUT2D eigenvalue weighted by Gasteiger charge is -2.38.